The molecule has 138 valence electrons. The molecular weight excluding hydrogens is 365 g/mol. The van der Waals surface area contributed by atoms with Crippen LogP contribution in [0.5, 0.6) is 0 Å². The van der Waals surface area contributed by atoms with Crippen molar-refractivity contribution in [1.82, 2.24) is 4.90 Å². The lowest BCUT2D eigenvalue weighted by Gasteiger charge is -2.18. The van der Waals surface area contributed by atoms with E-state index in [-0.39, 0.29) is 41.8 Å². The SMILES string of the molecule is Cl.NC1CCC2CN(C(=O)CSCC(=O)Nc3ccc(F)cc3)CC12. The second-order valence-electron chi connectivity index (χ2n) is 6.51. The molecule has 3 N–H and O–H groups in total. The van der Waals surface area contributed by atoms with Crippen LogP contribution in [0.3, 0.4) is 0 Å². The van der Waals surface area contributed by atoms with Crippen LogP contribution in [0.15, 0.2) is 24.3 Å². The minimum absolute atomic E-state index is 0. The molecule has 1 heterocycles. The van der Waals surface area contributed by atoms with Gasteiger partial charge in [0.15, 0.2) is 0 Å². The molecule has 8 heteroatoms. The maximum atomic E-state index is 12.8. The largest absolute Gasteiger partial charge is 0.341 e. The monoisotopic (exact) mass is 387 g/mol. The average molecular weight is 388 g/mol. The van der Waals surface area contributed by atoms with Crippen molar-refractivity contribution in [3.63, 3.8) is 0 Å². The first-order chi connectivity index (χ1) is 11.5. The molecule has 3 rings (SSSR count). The molecule has 3 unspecified atom stereocenters. The maximum Gasteiger partial charge on any atom is 0.234 e. The fourth-order valence-electron chi connectivity index (χ4n) is 3.56. The molecule has 1 saturated heterocycles. The van der Waals surface area contributed by atoms with Gasteiger partial charge < -0.3 is 16.0 Å². The number of benzene rings is 1. The summed E-state index contributed by atoms with van der Waals surface area (Å²) in [7, 11) is 0. The van der Waals surface area contributed by atoms with Gasteiger partial charge in [-0.2, -0.15) is 0 Å². The number of thioether (sulfide) groups is 1. The molecule has 3 atom stereocenters. The first-order valence-corrected chi connectivity index (χ1v) is 9.35. The third-order valence-corrected chi connectivity index (χ3v) is 5.77. The van der Waals surface area contributed by atoms with Crippen LogP contribution < -0.4 is 11.1 Å². The Morgan fingerprint density at radius 1 is 1.20 bits per heavy atom. The van der Waals surface area contributed by atoms with E-state index in [9.17, 15) is 14.0 Å². The molecular formula is C17H23ClFN3O2S. The first kappa shape index (κ1) is 20.0. The van der Waals surface area contributed by atoms with Crippen LogP contribution in [-0.4, -0.2) is 47.4 Å². The summed E-state index contributed by atoms with van der Waals surface area (Å²) in [6, 6.07) is 5.83. The van der Waals surface area contributed by atoms with Gasteiger partial charge in [-0.05, 0) is 48.9 Å². The number of amides is 2. The number of nitrogens with zero attached hydrogens (tertiary/aromatic N) is 1. The van der Waals surface area contributed by atoms with Crippen LogP contribution in [0.1, 0.15) is 12.8 Å². The number of halogens is 2. The second-order valence-corrected chi connectivity index (χ2v) is 7.50. The molecule has 1 aliphatic carbocycles. The van der Waals surface area contributed by atoms with Gasteiger partial charge in [0.25, 0.3) is 0 Å². The van der Waals surface area contributed by atoms with Gasteiger partial charge in [0, 0.05) is 24.8 Å². The molecule has 1 aromatic rings. The molecule has 2 fully saturated rings. The molecule has 0 spiro atoms. The highest BCUT2D eigenvalue weighted by molar-refractivity contribution is 8.00. The van der Waals surface area contributed by atoms with Crippen LogP contribution in [0, 0.1) is 17.7 Å². The smallest absolute Gasteiger partial charge is 0.234 e. The van der Waals surface area contributed by atoms with E-state index in [1.165, 1.54) is 36.0 Å². The van der Waals surface area contributed by atoms with E-state index in [0.717, 1.165) is 25.9 Å². The Morgan fingerprint density at radius 3 is 2.60 bits per heavy atom. The summed E-state index contributed by atoms with van der Waals surface area (Å²) in [6.07, 6.45) is 2.18. The Hall–Kier alpha value is -1.31. The summed E-state index contributed by atoms with van der Waals surface area (Å²) < 4.78 is 12.8. The van der Waals surface area contributed by atoms with E-state index in [4.69, 9.17) is 5.73 Å². The molecule has 2 amide bonds. The Bertz CT molecular complexity index is 616. The van der Waals surface area contributed by atoms with Crippen molar-refractivity contribution in [2.24, 2.45) is 17.6 Å². The van der Waals surface area contributed by atoms with Crippen LogP contribution in [0.4, 0.5) is 10.1 Å². The highest BCUT2D eigenvalue weighted by Gasteiger charge is 2.42. The average Bonchev–Trinajstić information content (AvgIpc) is 3.12. The van der Waals surface area contributed by atoms with Crippen molar-refractivity contribution in [3.8, 4) is 0 Å². The topological polar surface area (TPSA) is 75.4 Å². The number of nitrogens with two attached hydrogens (primary N) is 1. The van der Waals surface area contributed by atoms with E-state index in [2.05, 4.69) is 5.32 Å². The number of fused-ring (bicyclic) bond motifs is 1. The van der Waals surface area contributed by atoms with Gasteiger partial charge >= 0.3 is 0 Å². The number of carbonyl (C=O) groups is 2. The third-order valence-electron chi connectivity index (χ3n) is 4.85. The predicted octanol–water partition coefficient (Wildman–Crippen LogP) is 2.11. The van der Waals surface area contributed by atoms with Gasteiger partial charge in [-0.15, -0.1) is 24.2 Å². The standard InChI is InChI=1S/C17H22FN3O2S.ClH/c18-12-2-4-13(5-3-12)20-16(22)9-24-10-17(23)21-7-11-1-6-15(19)14(11)8-21;/h2-5,11,14-15H,1,6-10,19H2,(H,20,22);1H. The number of hydrogen-bond donors (Lipinski definition) is 2. The van der Waals surface area contributed by atoms with Gasteiger partial charge in [-0.3, -0.25) is 9.59 Å². The minimum Gasteiger partial charge on any atom is -0.341 e. The number of hydrogen-bond acceptors (Lipinski definition) is 4. The van der Waals surface area contributed by atoms with Crippen molar-refractivity contribution >= 4 is 41.7 Å². The fraction of sp³-hybridized carbons (Fsp3) is 0.529. The number of anilines is 1. The van der Waals surface area contributed by atoms with Crippen molar-refractivity contribution < 1.29 is 14.0 Å². The van der Waals surface area contributed by atoms with Crippen molar-refractivity contribution in [1.29, 1.82) is 0 Å². The van der Waals surface area contributed by atoms with Crippen molar-refractivity contribution in [2.45, 2.75) is 18.9 Å². The Morgan fingerprint density at radius 2 is 1.92 bits per heavy atom. The lowest BCUT2D eigenvalue weighted by Crippen LogP contribution is -2.34. The van der Waals surface area contributed by atoms with Crippen molar-refractivity contribution in [2.75, 3.05) is 29.9 Å². The molecule has 25 heavy (non-hydrogen) atoms. The molecule has 2 aliphatic rings. The zero-order chi connectivity index (χ0) is 17.1. The molecule has 0 aromatic heterocycles. The molecule has 0 bridgehead atoms. The van der Waals surface area contributed by atoms with E-state index < -0.39 is 0 Å². The zero-order valence-corrected chi connectivity index (χ0v) is 15.5. The zero-order valence-electron chi connectivity index (χ0n) is 13.8. The lowest BCUT2D eigenvalue weighted by atomic mass is 9.98. The quantitative estimate of drug-likeness (QED) is 0.811. The normalized spacial score (nSPS) is 24.6. The predicted molar refractivity (Wildman–Crippen MR) is 100 cm³/mol. The van der Waals surface area contributed by atoms with E-state index in [1.807, 2.05) is 4.90 Å². The molecule has 1 aliphatic heterocycles. The summed E-state index contributed by atoms with van der Waals surface area (Å²) in [4.78, 5) is 26.0. The van der Waals surface area contributed by atoms with Crippen molar-refractivity contribution in [3.05, 3.63) is 30.1 Å². The highest BCUT2D eigenvalue weighted by Crippen LogP contribution is 2.37. The molecule has 5 nitrogen and oxygen atoms in total. The molecule has 1 saturated carbocycles. The van der Waals surface area contributed by atoms with Gasteiger partial charge in [0.05, 0.1) is 11.5 Å². The highest BCUT2D eigenvalue weighted by atomic mass is 35.5. The summed E-state index contributed by atoms with van der Waals surface area (Å²) in [5.74, 6) is 1.03. The van der Waals surface area contributed by atoms with Gasteiger partial charge in [-0.1, -0.05) is 0 Å². The van der Waals surface area contributed by atoms with Gasteiger partial charge in [-0.25, -0.2) is 4.39 Å². The maximum absolute atomic E-state index is 12.8. The van der Waals surface area contributed by atoms with E-state index in [0.29, 0.717) is 23.3 Å². The minimum atomic E-state index is -0.344. The number of likely N-dealkylation sites (tertiary alicyclic amines) is 1. The van der Waals surface area contributed by atoms with Gasteiger partial charge in [0.2, 0.25) is 11.8 Å². The summed E-state index contributed by atoms with van der Waals surface area (Å²) in [6.45, 7) is 1.56. The summed E-state index contributed by atoms with van der Waals surface area (Å²) in [5, 5.41) is 2.68. The van der Waals surface area contributed by atoms with Crippen LogP contribution in [0.2, 0.25) is 0 Å². The Balaban J connectivity index is 0.00000225. The van der Waals surface area contributed by atoms with Crippen LogP contribution in [0.25, 0.3) is 0 Å². The van der Waals surface area contributed by atoms with E-state index in [1.54, 1.807) is 0 Å². The Labute approximate surface area is 157 Å². The summed E-state index contributed by atoms with van der Waals surface area (Å²) >= 11 is 1.30. The number of nitrogens with one attached hydrogen (secondary N) is 1. The van der Waals surface area contributed by atoms with Gasteiger partial charge in [0.1, 0.15) is 5.82 Å². The Kier molecular flexibility index (Phi) is 7.10. The third kappa shape index (κ3) is 5.09. The van der Waals surface area contributed by atoms with E-state index >= 15 is 0 Å². The summed E-state index contributed by atoms with van der Waals surface area (Å²) in [5.41, 5.74) is 6.64. The number of carbonyl (C=O) groups excluding carboxylic acids is 2. The molecule has 1 aromatic carbocycles. The van der Waals surface area contributed by atoms with Crippen LogP contribution >= 0.6 is 24.2 Å². The lowest BCUT2D eigenvalue weighted by molar-refractivity contribution is -0.127. The second kappa shape index (κ2) is 8.87. The molecule has 0 radical (unpaired) electrons. The van der Waals surface area contributed by atoms with Crippen LogP contribution in [-0.2, 0) is 9.59 Å². The number of rotatable bonds is 5. The fourth-order valence-corrected chi connectivity index (χ4v) is 4.28. The first-order valence-electron chi connectivity index (χ1n) is 8.19.